The van der Waals surface area contributed by atoms with Gasteiger partial charge in [0.1, 0.15) is 40.2 Å². The van der Waals surface area contributed by atoms with E-state index < -0.39 is 0 Å². The molecule has 14 nitrogen and oxygen atoms in total. The molecule has 22 rings (SSSR count). The van der Waals surface area contributed by atoms with E-state index in [1.807, 2.05) is 72.8 Å². The first-order valence-electron chi connectivity index (χ1n) is 41.4. The molecule has 0 fully saturated rings. The van der Waals surface area contributed by atoms with Crippen molar-refractivity contribution in [1.82, 2.24) is 0 Å². The Morgan fingerprint density at radius 3 is 0.625 bits per heavy atom. The number of nitrogens with zero attached hydrogens (tertiary/aromatic N) is 7. The second-order valence-electron chi connectivity index (χ2n) is 31.5. The molecule has 0 saturated carbocycles. The molecule has 7 aliphatic heterocycles. The molecule has 7 aliphatic rings. The van der Waals surface area contributed by atoms with Gasteiger partial charge < -0.3 is 67.5 Å². The van der Waals surface area contributed by atoms with Gasteiger partial charge in [-0.1, -0.05) is 200 Å². The minimum absolute atomic E-state index is 0.536. The van der Waals surface area contributed by atoms with Gasteiger partial charge >= 0.3 is 0 Å². The van der Waals surface area contributed by atoms with E-state index in [1.165, 1.54) is 117 Å². The molecular weight excluding hydrogens is 1480 g/mol. The minimum atomic E-state index is 0.536. The number of ether oxygens (including phenoxy) is 7. The van der Waals surface area contributed by atoms with Crippen LogP contribution in [0, 0.1) is 0 Å². The molecule has 592 valence electrons. The highest BCUT2D eigenvalue weighted by atomic mass is 16.5. The number of anilines is 7. The Hall–Kier alpha value is -14.5. The van der Waals surface area contributed by atoms with E-state index in [4.69, 9.17) is 33.2 Å². The van der Waals surface area contributed by atoms with E-state index >= 15 is 0 Å². The predicted molar refractivity (Wildman–Crippen MR) is 481 cm³/mol. The summed E-state index contributed by atoms with van der Waals surface area (Å²) in [5, 5.41) is 0. The topological polar surface area (TPSA) is 87.3 Å². The molecule has 0 aliphatic carbocycles. The van der Waals surface area contributed by atoms with Crippen LogP contribution in [0.2, 0.25) is 0 Å². The molecule has 0 atom stereocenters. The smallest absolute Gasteiger partial charge is 0.161 e. The molecule has 120 heavy (non-hydrogen) atoms. The summed E-state index contributed by atoms with van der Waals surface area (Å²) in [5.41, 5.74) is 29.0. The first kappa shape index (κ1) is 74.3. The van der Waals surface area contributed by atoms with Crippen LogP contribution in [0.1, 0.15) is 61.2 Å². The molecule has 0 aromatic heterocycles. The first-order chi connectivity index (χ1) is 59.3. The maximum absolute atomic E-state index is 6.07. The third kappa shape index (κ3) is 16.7. The van der Waals surface area contributed by atoms with E-state index in [2.05, 4.69) is 319 Å². The van der Waals surface area contributed by atoms with E-state index in [0.717, 1.165) is 116 Å². The molecule has 0 spiro atoms. The van der Waals surface area contributed by atoms with Crippen LogP contribution in [0.3, 0.4) is 0 Å². The molecule has 15 aromatic rings. The van der Waals surface area contributed by atoms with Gasteiger partial charge in [0, 0.05) is 125 Å². The number of rotatable bonds is 14. The summed E-state index contributed by atoms with van der Waals surface area (Å²) < 4.78 is 42.1. The van der Waals surface area contributed by atoms with Gasteiger partial charge in [0.05, 0.1) is 0 Å². The van der Waals surface area contributed by atoms with Crippen LogP contribution in [0.15, 0.2) is 358 Å². The molecule has 0 bridgehead atoms. The number of benzene rings is 15. The molecule has 0 unspecified atom stereocenters. The fourth-order valence-corrected chi connectivity index (χ4v) is 17.0. The number of para-hydroxylation sites is 7. The highest BCUT2D eigenvalue weighted by molar-refractivity contribution is 5.83. The molecule has 0 radical (unpaired) electrons. The van der Waals surface area contributed by atoms with Crippen LogP contribution in [0.25, 0.3) is 33.4 Å². The van der Waals surface area contributed by atoms with Crippen LogP contribution in [0.4, 0.5) is 39.8 Å². The second-order valence-corrected chi connectivity index (χ2v) is 31.5. The van der Waals surface area contributed by atoms with Gasteiger partial charge in [-0.05, 0) is 226 Å². The minimum Gasteiger partial charge on any atom is -0.473 e. The van der Waals surface area contributed by atoms with E-state index in [9.17, 15) is 0 Å². The van der Waals surface area contributed by atoms with Gasteiger partial charge in [-0.15, -0.1) is 0 Å². The van der Waals surface area contributed by atoms with E-state index in [-0.39, 0.29) is 0 Å². The van der Waals surface area contributed by atoms with Gasteiger partial charge in [0.15, 0.2) is 47.1 Å². The van der Waals surface area contributed by atoms with Crippen molar-refractivity contribution in [2.75, 3.05) is 81.4 Å². The Bertz CT molecular complexity index is 5610. The second kappa shape index (κ2) is 34.0. The van der Waals surface area contributed by atoms with Crippen molar-refractivity contribution in [3.8, 4) is 73.6 Å². The van der Waals surface area contributed by atoms with Crippen molar-refractivity contribution >= 4 is 39.8 Å². The van der Waals surface area contributed by atoms with Gasteiger partial charge in [-0.3, -0.25) is 0 Å². The highest BCUT2D eigenvalue weighted by Gasteiger charge is 2.26. The lowest BCUT2D eigenvalue weighted by Gasteiger charge is -2.31. The van der Waals surface area contributed by atoms with E-state index in [0.29, 0.717) is 47.1 Å². The summed E-state index contributed by atoms with van der Waals surface area (Å²) in [5.74, 6) is 6.88. The molecule has 14 heteroatoms. The SMILES string of the molecule is c1ccc(N2COc3ccc(Cc4ccc5c(c4)CN(c4ccccc4)CO5)cc3C2)cc1.c1ccc2c(c1)CN(c1ccc(-c3cc(-c4ccc(N5COc6ccccc6C5)cc4)cc(-c4ccc(N5COc6ccccc6C5)cc4)c3)cc1)CO2.c1ccc2c(c1)CN(c1ccc(Cc3ccc(N4COc5ccccc5C4)cc3)cc1)CO2. The Kier molecular flexibility index (Phi) is 21.0. The quantitative estimate of drug-likeness (QED) is 0.104. The Morgan fingerprint density at radius 2 is 0.358 bits per heavy atom. The highest BCUT2D eigenvalue weighted by Crippen LogP contribution is 2.41. The molecule has 0 saturated heterocycles. The lowest BCUT2D eigenvalue weighted by molar-refractivity contribution is 0.289. The normalized spacial score (nSPS) is 14.6. The maximum atomic E-state index is 6.07. The zero-order valence-electron chi connectivity index (χ0n) is 66.9. The number of hydrogen-bond acceptors (Lipinski definition) is 14. The zero-order chi connectivity index (χ0) is 79.9. The molecule has 15 aromatic carbocycles. The van der Waals surface area contributed by atoms with Crippen molar-refractivity contribution < 1.29 is 33.2 Å². The zero-order valence-corrected chi connectivity index (χ0v) is 66.9. The predicted octanol–water partition coefficient (Wildman–Crippen LogP) is 22.7. The number of fused-ring (bicyclic) bond motifs is 7. The Morgan fingerprint density at radius 1 is 0.158 bits per heavy atom. The van der Waals surface area contributed by atoms with Gasteiger partial charge in [0.2, 0.25) is 0 Å². The van der Waals surface area contributed by atoms with Crippen LogP contribution in [0.5, 0.6) is 40.2 Å². The van der Waals surface area contributed by atoms with Crippen LogP contribution < -0.4 is 67.5 Å². The van der Waals surface area contributed by atoms with Crippen LogP contribution >= 0.6 is 0 Å². The fourth-order valence-electron chi connectivity index (χ4n) is 17.0. The lowest BCUT2D eigenvalue weighted by atomic mass is 9.93. The van der Waals surface area contributed by atoms with Crippen LogP contribution in [-0.4, -0.2) is 47.1 Å². The van der Waals surface area contributed by atoms with Gasteiger partial charge in [-0.2, -0.15) is 0 Å². The van der Waals surface area contributed by atoms with Crippen molar-refractivity contribution in [2.24, 2.45) is 0 Å². The average molecular weight is 1570 g/mol. The lowest BCUT2D eigenvalue weighted by Crippen LogP contribution is -2.32. The van der Waals surface area contributed by atoms with Crippen molar-refractivity contribution in [3.63, 3.8) is 0 Å². The molecule has 0 N–H and O–H groups in total. The summed E-state index contributed by atoms with van der Waals surface area (Å²) in [4.78, 5) is 15.9. The third-order valence-electron chi connectivity index (χ3n) is 23.6. The molecular formula is C106H91N7O7. The third-order valence-corrected chi connectivity index (χ3v) is 23.6. The summed E-state index contributed by atoms with van der Waals surface area (Å²) in [6.45, 7) is 9.89. The first-order valence-corrected chi connectivity index (χ1v) is 41.4. The van der Waals surface area contributed by atoms with Crippen molar-refractivity contribution in [3.05, 3.63) is 419 Å². The summed E-state index contributed by atoms with van der Waals surface area (Å²) >= 11 is 0. The Balaban J connectivity index is 0.000000121. The Labute approximate surface area is 701 Å². The van der Waals surface area contributed by atoms with Crippen LogP contribution in [-0.2, 0) is 58.7 Å². The van der Waals surface area contributed by atoms with Gasteiger partial charge in [0.25, 0.3) is 0 Å². The summed E-state index contributed by atoms with van der Waals surface area (Å²) in [6.07, 6.45) is 1.80. The summed E-state index contributed by atoms with van der Waals surface area (Å²) in [7, 11) is 0. The summed E-state index contributed by atoms with van der Waals surface area (Å²) in [6, 6.07) is 127. The maximum Gasteiger partial charge on any atom is 0.161 e. The number of hydrogen-bond donors (Lipinski definition) is 0. The van der Waals surface area contributed by atoms with Crippen molar-refractivity contribution in [1.29, 1.82) is 0 Å². The largest absolute Gasteiger partial charge is 0.473 e. The fraction of sp³-hybridized carbons (Fsp3) is 0.151. The van der Waals surface area contributed by atoms with Crippen molar-refractivity contribution in [2.45, 2.75) is 58.7 Å². The van der Waals surface area contributed by atoms with E-state index in [1.54, 1.807) is 0 Å². The molecule has 0 amide bonds. The standard InChI is InChI=1S/C48H39N3O3.2C29H26N2O2/c1-4-10-46-37(7-1)28-49(31-52-46)43-19-13-34(14-20-43)40-25-41(35-15-21-44(22-16-35)50-29-38-8-2-5-11-47(38)53-32-50)27-42(26-40)36-17-23-45(24-18-36)51-30-39-9-3-6-12-48(39)54-33-51;1-3-7-28-24(5-1)18-30(20-32-28)26-13-9-22(10-14-26)17-23-11-15-27(16-12-23)31-19-25-6-2-4-8-29(25)33-21-31;1-3-7-26(8-4-1)30-18-24-16-22(11-13-28(24)32-20-30)15-23-12-14-29-25(17-23)19-31(21-33-29)27-9-5-2-6-10-27/h1-27H,28-33H2;1-16H,17-21H2;1-14,16-17H,15,18-21H2. The average Bonchev–Trinajstić information content (AvgIpc) is 0.804. The van der Waals surface area contributed by atoms with Gasteiger partial charge in [-0.25, -0.2) is 0 Å². The monoisotopic (exact) mass is 1570 g/mol. The molecule has 7 heterocycles.